The number of hydrogen-bond acceptors (Lipinski definition) is 1. The smallest absolute Gasteiger partial charge is 0.150 e. The van der Waals surface area contributed by atoms with Crippen LogP contribution >= 0.6 is 0 Å². The van der Waals surface area contributed by atoms with E-state index in [9.17, 15) is 4.79 Å². The van der Waals surface area contributed by atoms with Crippen molar-refractivity contribution in [2.45, 2.75) is 32.1 Å². The van der Waals surface area contributed by atoms with E-state index in [0.717, 1.165) is 18.3 Å². The Balaban J connectivity index is 2.50. The lowest BCUT2D eigenvalue weighted by molar-refractivity contribution is -0.103. The van der Waals surface area contributed by atoms with Crippen LogP contribution in [-0.2, 0) is 16.6 Å². The number of aldehydes is 1. The molecule has 0 bridgehead atoms. The van der Waals surface area contributed by atoms with E-state index in [1.54, 1.807) is 0 Å². The molecule has 1 heteroatoms. The van der Waals surface area contributed by atoms with Crippen LogP contribution in [0.25, 0.3) is 5.57 Å². The number of benzene rings is 1. The van der Waals surface area contributed by atoms with Gasteiger partial charge in [0.15, 0.2) is 0 Å². The third-order valence-electron chi connectivity index (χ3n) is 3.37. The molecule has 1 aliphatic rings. The highest BCUT2D eigenvalue weighted by molar-refractivity contribution is 6.05. The van der Waals surface area contributed by atoms with E-state index in [1.807, 2.05) is 6.07 Å². The molecule has 15 heavy (non-hydrogen) atoms. The van der Waals surface area contributed by atoms with Gasteiger partial charge in [0, 0.05) is 5.57 Å². The summed E-state index contributed by atoms with van der Waals surface area (Å²) in [5, 5.41) is 0. The Hall–Kier alpha value is -1.37. The van der Waals surface area contributed by atoms with Crippen LogP contribution in [0.15, 0.2) is 24.8 Å². The maximum atomic E-state index is 10.7. The van der Waals surface area contributed by atoms with Crippen LogP contribution in [0.5, 0.6) is 0 Å². The van der Waals surface area contributed by atoms with Crippen molar-refractivity contribution in [3.05, 3.63) is 41.5 Å². The molecular weight excluding hydrogens is 184 g/mol. The van der Waals surface area contributed by atoms with Crippen molar-refractivity contribution in [2.75, 3.05) is 0 Å². The first-order valence-corrected chi connectivity index (χ1v) is 5.32. The Morgan fingerprint density at radius 2 is 2.20 bits per heavy atom. The van der Waals surface area contributed by atoms with E-state index < -0.39 is 0 Å². The van der Waals surface area contributed by atoms with Gasteiger partial charge in [-0.2, -0.15) is 0 Å². The minimum Gasteiger partial charge on any atom is -0.298 e. The van der Waals surface area contributed by atoms with Crippen molar-refractivity contribution in [3.8, 4) is 0 Å². The van der Waals surface area contributed by atoms with Gasteiger partial charge < -0.3 is 0 Å². The van der Waals surface area contributed by atoms with Crippen molar-refractivity contribution in [2.24, 2.45) is 0 Å². The highest BCUT2D eigenvalue weighted by Gasteiger charge is 2.29. The summed E-state index contributed by atoms with van der Waals surface area (Å²) in [5.74, 6) is 0. The van der Waals surface area contributed by atoms with Gasteiger partial charge in [-0.15, -0.1) is 0 Å². The Morgan fingerprint density at radius 3 is 2.87 bits per heavy atom. The molecule has 0 radical (unpaired) electrons. The maximum absolute atomic E-state index is 10.7. The van der Waals surface area contributed by atoms with Crippen molar-refractivity contribution >= 4 is 11.9 Å². The van der Waals surface area contributed by atoms with Gasteiger partial charge in [0.25, 0.3) is 0 Å². The maximum Gasteiger partial charge on any atom is 0.150 e. The highest BCUT2D eigenvalue weighted by atomic mass is 16.1. The molecule has 0 saturated carbocycles. The van der Waals surface area contributed by atoms with Gasteiger partial charge >= 0.3 is 0 Å². The predicted molar refractivity (Wildman–Crippen MR) is 62.9 cm³/mol. The summed E-state index contributed by atoms with van der Waals surface area (Å²) in [5.41, 5.74) is 4.57. The number of carbonyl (C=O) groups excluding carboxylic acids is 1. The van der Waals surface area contributed by atoms with Crippen LogP contribution in [0.3, 0.4) is 0 Å². The van der Waals surface area contributed by atoms with Gasteiger partial charge in [-0.05, 0) is 34.9 Å². The quantitative estimate of drug-likeness (QED) is 0.529. The molecule has 0 heterocycles. The molecule has 0 unspecified atom stereocenters. The molecular formula is C14H16O. The third kappa shape index (κ3) is 1.63. The monoisotopic (exact) mass is 200 g/mol. The average molecular weight is 200 g/mol. The molecule has 1 aliphatic carbocycles. The molecule has 78 valence electrons. The fraction of sp³-hybridized carbons (Fsp3) is 0.357. The molecule has 0 aliphatic heterocycles. The lowest BCUT2D eigenvalue weighted by Crippen LogP contribution is -2.12. The molecule has 0 spiro atoms. The van der Waals surface area contributed by atoms with Crippen molar-refractivity contribution in [1.82, 2.24) is 0 Å². The van der Waals surface area contributed by atoms with Gasteiger partial charge in [-0.25, -0.2) is 0 Å². The van der Waals surface area contributed by atoms with E-state index in [0.29, 0.717) is 5.57 Å². The largest absolute Gasteiger partial charge is 0.298 e. The zero-order valence-corrected chi connectivity index (χ0v) is 9.34. The summed E-state index contributed by atoms with van der Waals surface area (Å²) < 4.78 is 0. The third-order valence-corrected chi connectivity index (χ3v) is 3.37. The Bertz CT molecular complexity index is 427. The van der Waals surface area contributed by atoms with Gasteiger partial charge in [0.2, 0.25) is 0 Å². The summed E-state index contributed by atoms with van der Waals surface area (Å²) in [6.07, 6.45) is 3.17. The summed E-state index contributed by atoms with van der Waals surface area (Å²) >= 11 is 0. The second kappa shape index (κ2) is 3.34. The first kappa shape index (κ1) is 10.2. The Morgan fingerprint density at radius 1 is 1.47 bits per heavy atom. The fourth-order valence-corrected chi connectivity index (χ4v) is 2.27. The molecule has 0 fully saturated rings. The second-order valence-corrected chi connectivity index (χ2v) is 4.90. The van der Waals surface area contributed by atoms with Gasteiger partial charge in [0.05, 0.1) is 0 Å². The van der Waals surface area contributed by atoms with E-state index in [4.69, 9.17) is 0 Å². The van der Waals surface area contributed by atoms with Crippen LogP contribution < -0.4 is 0 Å². The number of carbonyl (C=O) groups is 1. The van der Waals surface area contributed by atoms with E-state index in [-0.39, 0.29) is 5.41 Å². The lowest BCUT2D eigenvalue weighted by atomic mass is 9.85. The van der Waals surface area contributed by atoms with Crippen LogP contribution in [0.2, 0.25) is 0 Å². The Labute approximate surface area is 90.8 Å². The molecule has 0 amide bonds. The number of rotatable bonds is 2. The van der Waals surface area contributed by atoms with Gasteiger partial charge in [0.1, 0.15) is 6.29 Å². The van der Waals surface area contributed by atoms with E-state index in [1.165, 1.54) is 17.5 Å². The lowest BCUT2D eigenvalue weighted by Gasteiger charge is -2.19. The number of allylic oxidation sites excluding steroid dienone is 1. The average Bonchev–Trinajstić information content (AvgIpc) is 2.53. The first-order valence-electron chi connectivity index (χ1n) is 5.32. The molecule has 0 saturated heterocycles. The second-order valence-electron chi connectivity index (χ2n) is 4.90. The number of hydrogen-bond donors (Lipinski definition) is 0. The zero-order chi connectivity index (χ0) is 11.1. The molecule has 0 atom stereocenters. The highest BCUT2D eigenvalue weighted by Crippen LogP contribution is 2.39. The molecule has 1 aromatic carbocycles. The van der Waals surface area contributed by atoms with Crippen molar-refractivity contribution in [3.63, 3.8) is 0 Å². The molecule has 1 nitrogen and oxygen atoms in total. The van der Waals surface area contributed by atoms with Crippen molar-refractivity contribution < 1.29 is 4.79 Å². The minimum atomic E-state index is 0.245. The fourth-order valence-electron chi connectivity index (χ4n) is 2.27. The van der Waals surface area contributed by atoms with Crippen LogP contribution in [0.1, 0.15) is 37.0 Å². The van der Waals surface area contributed by atoms with Crippen LogP contribution in [-0.4, -0.2) is 6.29 Å². The summed E-state index contributed by atoms with van der Waals surface area (Å²) in [4.78, 5) is 10.7. The first-order chi connectivity index (χ1) is 7.04. The van der Waals surface area contributed by atoms with E-state index in [2.05, 4.69) is 32.6 Å². The molecule has 0 N–H and O–H groups in total. The molecule has 2 rings (SSSR count). The summed E-state index contributed by atoms with van der Waals surface area (Å²) in [7, 11) is 0. The minimum absolute atomic E-state index is 0.245. The zero-order valence-electron chi connectivity index (χ0n) is 9.34. The Kier molecular flexibility index (Phi) is 2.26. The van der Waals surface area contributed by atoms with Crippen molar-refractivity contribution in [1.29, 1.82) is 0 Å². The SMILES string of the molecule is C=C(C=O)c1ccc2c(c1)C(C)(C)CC2. The van der Waals surface area contributed by atoms with E-state index >= 15 is 0 Å². The predicted octanol–water partition coefficient (Wildman–Crippen LogP) is 3.12. The molecule has 1 aromatic rings. The number of aryl methyl sites for hydroxylation is 1. The summed E-state index contributed by atoms with van der Waals surface area (Å²) in [6, 6.07) is 6.25. The summed E-state index contributed by atoms with van der Waals surface area (Å²) in [6.45, 7) is 8.26. The normalized spacial score (nSPS) is 17.2. The van der Waals surface area contributed by atoms with Crippen LogP contribution in [0.4, 0.5) is 0 Å². The van der Waals surface area contributed by atoms with Gasteiger partial charge in [-0.1, -0.05) is 38.6 Å². The topological polar surface area (TPSA) is 17.1 Å². The van der Waals surface area contributed by atoms with Crippen LogP contribution in [0, 0.1) is 0 Å². The standard InChI is InChI=1S/C14H16O/c1-10(9-15)12-5-4-11-6-7-14(2,3)13(11)8-12/h4-5,8-9H,1,6-7H2,2-3H3. The molecule has 0 aromatic heterocycles. The number of fused-ring (bicyclic) bond motifs is 1. The van der Waals surface area contributed by atoms with Gasteiger partial charge in [-0.3, -0.25) is 4.79 Å².